The van der Waals surface area contributed by atoms with Gasteiger partial charge in [-0.1, -0.05) is 34.1 Å². The molecule has 0 fully saturated rings. The number of halogens is 3. The summed E-state index contributed by atoms with van der Waals surface area (Å²) in [4.78, 5) is 0. The van der Waals surface area contributed by atoms with Crippen molar-refractivity contribution >= 4 is 21.6 Å². The number of anilines is 1. The molecular formula is C15H14BrF2NO. The van der Waals surface area contributed by atoms with Gasteiger partial charge in [0.05, 0.1) is 0 Å². The molecule has 1 N–H and O–H groups in total. The molecule has 0 heterocycles. The molecule has 0 atom stereocenters. The van der Waals surface area contributed by atoms with Gasteiger partial charge in [0.25, 0.3) is 0 Å². The second-order valence-electron chi connectivity index (χ2n) is 4.34. The minimum absolute atomic E-state index is 0.148. The van der Waals surface area contributed by atoms with E-state index in [-0.39, 0.29) is 5.75 Å². The van der Waals surface area contributed by atoms with Gasteiger partial charge in [-0.05, 0) is 36.2 Å². The monoisotopic (exact) mass is 341 g/mol. The summed E-state index contributed by atoms with van der Waals surface area (Å²) in [5.41, 5.74) is 3.00. The summed E-state index contributed by atoms with van der Waals surface area (Å²) >= 11 is 3.48. The average Bonchev–Trinajstić information content (AvgIpc) is 2.40. The lowest BCUT2D eigenvalue weighted by Gasteiger charge is -2.10. The van der Waals surface area contributed by atoms with Crippen molar-refractivity contribution in [3.63, 3.8) is 0 Å². The SMILES string of the molecule is Cc1ccc(CNc2cccc(OC(F)F)c2)cc1Br. The van der Waals surface area contributed by atoms with Gasteiger partial charge in [0.2, 0.25) is 0 Å². The van der Waals surface area contributed by atoms with E-state index in [0.29, 0.717) is 6.54 Å². The first-order valence-corrected chi connectivity index (χ1v) is 6.87. The zero-order chi connectivity index (χ0) is 14.5. The Hall–Kier alpha value is -1.62. The number of benzene rings is 2. The van der Waals surface area contributed by atoms with Crippen molar-refractivity contribution in [3.05, 3.63) is 58.1 Å². The van der Waals surface area contributed by atoms with E-state index < -0.39 is 6.61 Å². The highest BCUT2D eigenvalue weighted by Gasteiger charge is 2.04. The van der Waals surface area contributed by atoms with Crippen LogP contribution in [0.3, 0.4) is 0 Å². The fourth-order valence-electron chi connectivity index (χ4n) is 1.73. The van der Waals surface area contributed by atoms with Crippen molar-refractivity contribution in [1.29, 1.82) is 0 Å². The Bertz CT molecular complexity index is 590. The summed E-state index contributed by atoms with van der Waals surface area (Å²) in [5.74, 6) is 0.148. The third kappa shape index (κ3) is 4.20. The predicted octanol–water partition coefficient (Wildman–Crippen LogP) is 4.97. The zero-order valence-electron chi connectivity index (χ0n) is 10.9. The van der Waals surface area contributed by atoms with Crippen LogP contribution in [0.4, 0.5) is 14.5 Å². The fraction of sp³-hybridized carbons (Fsp3) is 0.200. The third-order valence-electron chi connectivity index (χ3n) is 2.79. The van der Waals surface area contributed by atoms with Gasteiger partial charge in [-0.15, -0.1) is 0 Å². The average molecular weight is 342 g/mol. The Morgan fingerprint density at radius 1 is 1.20 bits per heavy atom. The van der Waals surface area contributed by atoms with Crippen molar-refractivity contribution < 1.29 is 13.5 Å². The molecule has 0 aliphatic heterocycles. The van der Waals surface area contributed by atoms with Gasteiger partial charge >= 0.3 is 6.61 Å². The number of rotatable bonds is 5. The maximum Gasteiger partial charge on any atom is 0.387 e. The molecule has 0 amide bonds. The Morgan fingerprint density at radius 3 is 2.70 bits per heavy atom. The molecule has 5 heteroatoms. The normalized spacial score (nSPS) is 10.7. The maximum atomic E-state index is 12.1. The number of nitrogens with one attached hydrogen (secondary N) is 1. The number of aryl methyl sites for hydroxylation is 1. The van der Waals surface area contributed by atoms with Crippen LogP contribution in [0.5, 0.6) is 5.75 Å². The highest BCUT2D eigenvalue weighted by molar-refractivity contribution is 9.10. The summed E-state index contributed by atoms with van der Waals surface area (Å²) in [5, 5.41) is 3.18. The van der Waals surface area contributed by atoms with Gasteiger partial charge in [-0.2, -0.15) is 8.78 Å². The van der Waals surface area contributed by atoms with Crippen LogP contribution in [-0.4, -0.2) is 6.61 Å². The quantitative estimate of drug-likeness (QED) is 0.828. The number of ether oxygens (including phenoxy) is 1. The molecule has 0 aliphatic rings. The van der Waals surface area contributed by atoms with E-state index in [1.165, 1.54) is 11.6 Å². The largest absolute Gasteiger partial charge is 0.435 e. The van der Waals surface area contributed by atoms with E-state index in [1.54, 1.807) is 12.1 Å². The van der Waals surface area contributed by atoms with E-state index in [4.69, 9.17) is 0 Å². The summed E-state index contributed by atoms with van der Waals surface area (Å²) in [6, 6.07) is 12.6. The van der Waals surface area contributed by atoms with Gasteiger partial charge in [0.15, 0.2) is 0 Å². The highest BCUT2D eigenvalue weighted by Crippen LogP contribution is 2.21. The molecule has 2 nitrogen and oxygen atoms in total. The first kappa shape index (κ1) is 14.8. The van der Waals surface area contributed by atoms with Crippen LogP contribution in [0, 0.1) is 6.92 Å². The van der Waals surface area contributed by atoms with Crippen LogP contribution in [0.15, 0.2) is 46.9 Å². The Labute approximate surface area is 124 Å². The van der Waals surface area contributed by atoms with Gasteiger partial charge in [-0.25, -0.2) is 0 Å². The van der Waals surface area contributed by atoms with E-state index >= 15 is 0 Å². The summed E-state index contributed by atoms with van der Waals surface area (Å²) in [6.45, 7) is -0.179. The second-order valence-corrected chi connectivity index (χ2v) is 5.20. The number of hydrogen-bond acceptors (Lipinski definition) is 2. The van der Waals surface area contributed by atoms with Crippen molar-refractivity contribution in [2.24, 2.45) is 0 Å². The Balaban J connectivity index is 2.01. The standard InChI is InChI=1S/C15H14BrF2NO/c1-10-5-6-11(7-14(10)16)9-19-12-3-2-4-13(8-12)20-15(17)18/h2-8,15,19H,9H2,1H3. The van der Waals surface area contributed by atoms with Crippen LogP contribution < -0.4 is 10.1 Å². The first-order valence-electron chi connectivity index (χ1n) is 6.08. The second kappa shape index (κ2) is 6.70. The molecular weight excluding hydrogens is 328 g/mol. The molecule has 2 aromatic rings. The lowest BCUT2D eigenvalue weighted by atomic mass is 10.1. The lowest BCUT2D eigenvalue weighted by Crippen LogP contribution is -2.03. The topological polar surface area (TPSA) is 21.3 Å². The summed E-state index contributed by atoms with van der Waals surface area (Å²) < 4.78 is 29.7. The molecule has 0 aromatic heterocycles. The van der Waals surface area contributed by atoms with Crippen LogP contribution in [-0.2, 0) is 6.54 Å². The van der Waals surface area contributed by atoms with Crippen LogP contribution in [0.1, 0.15) is 11.1 Å². The molecule has 2 aromatic carbocycles. The molecule has 0 spiro atoms. The minimum Gasteiger partial charge on any atom is -0.435 e. The fourth-order valence-corrected chi connectivity index (χ4v) is 2.16. The van der Waals surface area contributed by atoms with Crippen molar-refractivity contribution in [2.75, 3.05) is 5.32 Å². The molecule has 20 heavy (non-hydrogen) atoms. The summed E-state index contributed by atoms with van der Waals surface area (Å²) in [6.07, 6.45) is 0. The van der Waals surface area contributed by atoms with Crippen LogP contribution >= 0.6 is 15.9 Å². The molecule has 0 unspecified atom stereocenters. The van der Waals surface area contributed by atoms with Gasteiger partial charge < -0.3 is 10.1 Å². The van der Waals surface area contributed by atoms with Crippen molar-refractivity contribution in [3.8, 4) is 5.75 Å². The van der Waals surface area contributed by atoms with Crippen LogP contribution in [0.25, 0.3) is 0 Å². The van der Waals surface area contributed by atoms with Gasteiger partial charge in [0, 0.05) is 22.8 Å². The van der Waals surface area contributed by atoms with E-state index in [0.717, 1.165) is 15.7 Å². The van der Waals surface area contributed by atoms with E-state index in [9.17, 15) is 8.78 Å². The number of hydrogen-bond donors (Lipinski definition) is 1. The minimum atomic E-state index is -2.81. The highest BCUT2D eigenvalue weighted by atomic mass is 79.9. The van der Waals surface area contributed by atoms with Gasteiger partial charge in [-0.3, -0.25) is 0 Å². The van der Waals surface area contributed by atoms with E-state index in [1.807, 2.05) is 31.2 Å². The first-order chi connectivity index (χ1) is 9.54. The molecule has 0 bridgehead atoms. The van der Waals surface area contributed by atoms with E-state index in [2.05, 4.69) is 26.0 Å². The third-order valence-corrected chi connectivity index (χ3v) is 3.65. The zero-order valence-corrected chi connectivity index (χ0v) is 12.5. The predicted molar refractivity (Wildman–Crippen MR) is 79.3 cm³/mol. The lowest BCUT2D eigenvalue weighted by molar-refractivity contribution is -0.0498. The molecule has 0 saturated carbocycles. The Kier molecular flexibility index (Phi) is 4.95. The smallest absolute Gasteiger partial charge is 0.387 e. The van der Waals surface area contributed by atoms with Gasteiger partial charge in [0.1, 0.15) is 5.75 Å². The Morgan fingerprint density at radius 2 is 2.00 bits per heavy atom. The summed E-state index contributed by atoms with van der Waals surface area (Å²) in [7, 11) is 0. The van der Waals surface area contributed by atoms with Crippen molar-refractivity contribution in [1.82, 2.24) is 0 Å². The molecule has 2 rings (SSSR count). The molecule has 106 valence electrons. The van der Waals surface area contributed by atoms with Crippen LogP contribution in [0.2, 0.25) is 0 Å². The maximum absolute atomic E-state index is 12.1. The molecule has 0 radical (unpaired) electrons. The van der Waals surface area contributed by atoms with Crippen molar-refractivity contribution in [2.45, 2.75) is 20.1 Å². The molecule has 0 aliphatic carbocycles. The number of alkyl halides is 2. The molecule has 0 saturated heterocycles.